The third-order valence-corrected chi connectivity index (χ3v) is 4.64. The molecule has 0 saturated carbocycles. The molecule has 6 nitrogen and oxygen atoms in total. The lowest BCUT2D eigenvalue weighted by Crippen LogP contribution is -2.23. The summed E-state index contributed by atoms with van der Waals surface area (Å²) in [6.07, 6.45) is 0.381. The molecule has 0 bridgehead atoms. The van der Waals surface area contributed by atoms with Gasteiger partial charge in [0.1, 0.15) is 0 Å². The molecule has 7 heteroatoms. The Bertz CT molecular complexity index is 761. The standard InChI is InChI=1S/C19H21NO5S/c1-24-16-8-7-15(11-17(16)25-2)26-10-9-18(21)20-12-13-3-5-14(6-4-13)19(22)23/h3-8,11H,9-10,12H2,1-2H3,(H,20,21)(H,22,23). The third kappa shape index (κ3) is 5.70. The number of methoxy groups -OCH3 is 2. The zero-order valence-electron chi connectivity index (χ0n) is 14.7. The summed E-state index contributed by atoms with van der Waals surface area (Å²) < 4.78 is 10.5. The molecule has 0 aliphatic rings. The molecule has 0 radical (unpaired) electrons. The Morgan fingerprint density at radius 2 is 1.73 bits per heavy atom. The highest BCUT2D eigenvalue weighted by atomic mass is 32.2. The molecule has 2 N–H and O–H groups in total. The maximum atomic E-state index is 11.9. The first-order chi connectivity index (χ1) is 12.5. The van der Waals surface area contributed by atoms with Gasteiger partial charge in [-0.15, -0.1) is 11.8 Å². The molecule has 138 valence electrons. The normalized spacial score (nSPS) is 10.2. The van der Waals surface area contributed by atoms with E-state index in [0.29, 0.717) is 30.2 Å². The number of hydrogen-bond donors (Lipinski definition) is 2. The zero-order valence-corrected chi connectivity index (χ0v) is 15.5. The van der Waals surface area contributed by atoms with Crippen molar-refractivity contribution < 1.29 is 24.2 Å². The summed E-state index contributed by atoms with van der Waals surface area (Å²) in [6, 6.07) is 12.1. The highest BCUT2D eigenvalue weighted by molar-refractivity contribution is 7.99. The van der Waals surface area contributed by atoms with Gasteiger partial charge in [0.05, 0.1) is 19.8 Å². The maximum Gasteiger partial charge on any atom is 0.335 e. The van der Waals surface area contributed by atoms with Gasteiger partial charge in [0.2, 0.25) is 5.91 Å². The number of carbonyl (C=O) groups is 2. The summed E-state index contributed by atoms with van der Waals surface area (Å²) in [6.45, 7) is 0.375. The average molecular weight is 375 g/mol. The van der Waals surface area contributed by atoms with Gasteiger partial charge >= 0.3 is 5.97 Å². The predicted octanol–water partition coefficient (Wildman–Crippen LogP) is 3.20. The summed E-state index contributed by atoms with van der Waals surface area (Å²) in [4.78, 5) is 23.7. The van der Waals surface area contributed by atoms with Gasteiger partial charge in [0, 0.05) is 23.6 Å². The van der Waals surface area contributed by atoms with E-state index in [4.69, 9.17) is 14.6 Å². The van der Waals surface area contributed by atoms with Crippen LogP contribution in [0, 0.1) is 0 Å². The van der Waals surface area contributed by atoms with Crippen LogP contribution in [0.25, 0.3) is 0 Å². The molecule has 0 spiro atoms. The minimum absolute atomic E-state index is 0.0553. The Kier molecular flexibility index (Phi) is 7.35. The summed E-state index contributed by atoms with van der Waals surface area (Å²) >= 11 is 1.56. The number of ether oxygens (including phenoxy) is 2. The van der Waals surface area contributed by atoms with Gasteiger partial charge in [-0.25, -0.2) is 4.79 Å². The molecule has 2 rings (SSSR count). The number of carboxylic acids is 1. The lowest BCUT2D eigenvalue weighted by atomic mass is 10.1. The molecule has 0 unspecified atom stereocenters. The summed E-state index contributed by atoms with van der Waals surface area (Å²) in [5.74, 6) is 0.947. The number of rotatable bonds is 9. The number of amides is 1. The van der Waals surface area contributed by atoms with Gasteiger partial charge in [0.25, 0.3) is 0 Å². The van der Waals surface area contributed by atoms with Gasteiger partial charge < -0.3 is 19.9 Å². The van der Waals surface area contributed by atoms with E-state index in [1.807, 2.05) is 18.2 Å². The van der Waals surface area contributed by atoms with Crippen molar-refractivity contribution in [3.8, 4) is 11.5 Å². The predicted molar refractivity (Wildman–Crippen MR) is 100 cm³/mol. The molecule has 0 aliphatic heterocycles. The van der Waals surface area contributed by atoms with Crippen molar-refractivity contribution >= 4 is 23.6 Å². The Morgan fingerprint density at radius 3 is 2.35 bits per heavy atom. The number of aromatic carboxylic acids is 1. The van der Waals surface area contributed by atoms with Gasteiger partial charge in [-0.3, -0.25) is 4.79 Å². The first kappa shape index (κ1) is 19.7. The summed E-state index contributed by atoms with van der Waals surface area (Å²) in [5.41, 5.74) is 1.09. The SMILES string of the molecule is COc1ccc(SCCC(=O)NCc2ccc(C(=O)O)cc2)cc1OC. The van der Waals surface area contributed by atoms with Crippen molar-refractivity contribution in [3.05, 3.63) is 53.6 Å². The van der Waals surface area contributed by atoms with E-state index >= 15 is 0 Å². The van der Waals surface area contributed by atoms with Crippen LogP contribution in [-0.4, -0.2) is 37.0 Å². The molecule has 0 aromatic heterocycles. The van der Waals surface area contributed by atoms with Crippen molar-refractivity contribution in [2.45, 2.75) is 17.9 Å². The minimum atomic E-state index is -0.965. The van der Waals surface area contributed by atoms with Crippen LogP contribution in [0.2, 0.25) is 0 Å². The van der Waals surface area contributed by atoms with Crippen LogP contribution in [0.15, 0.2) is 47.4 Å². The van der Waals surface area contributed by atoms with Crippen LogP contribution in [0.1, 0.15) is 22.3 Å². The van der Waals surface area contributed by atoms with Crippen LogP contribution in [0.4, 0.5) is 0 Å². The lowest BCUT2D eigenvalue weighted by Gasteiger charge is -2.09. The molecule has 2 aromatic rings. The number of carboxylic acid groups (broad SMARTS) is 1. The van der Waals surface area contributed by atoms with Crippen molar-refractivity contribution in [2.24, 2.45) is 0 Å². The first-order valence-corrected chi connectivity index (χ1v) is 8.96. The Balaban J connectivity index is 1.76. The highest BCUT2D eigenvalue weighted by Crippen LogP contribution is 2.31. The quantitative estimate of drug-likeness (QED) is 0.655. The van der Waals surface area contributed by atoms with Gasteiger partial charge in [-0.05, 0) is 35.9 Å². The van der Waals surface area contributed by atoms with E-state index < -0.39 is 5.97 Å². The first-order valence-electron chi connectivity index (χ1n) is 7.97. The second-order valence-corrected chi connectivity index (χ2v) is 6.56. The molecular formula is C19H21NO5S. The summed E-state index contributed by atoms with van der Waals surface area (Å²) in [7, 11) is 3.17. The largest absolute Gasteiger partial charge is 0.493 e. The van der Waals surface area contributed by atoms with Gasteiger partial charge in [-0.2, -0.15) is 0 Å². The zero-order chi connectivity index (χ0) is 18.9. The molecule has 1 amide bonds. The third-order valence-electron chi connectivity index (χ3n) is 3.64. The number of benzene rings is 2. The van der Waals surface area contributed by atoms with E-state index in [9.17, 15) is 9.59 Å². The molecule has 0 aliphatic carbocycles. The summed E-state index contributed by atoms with van der Waals surface area (Å²) in [5, 5.41) is 11.7. The van der Waals surface area contributed by atoms with Crippen molar-refractivity contribution in [1.29, 1.82) is 0 Å². The molecule has 2 aromatic carbocycles. The molecule has 0 heterocycles. The topological polar surface area (TPSA) is 84.9 Å². The maximum absolute atomic E-state index is 11.9. The monoisotopic (exact) mass is 375 g/mol. The second kappa shape index (κ2) is 9.72. The Hall–Kier alpha value is -2.67. The smallest absolute Gasteiger partial charge is 0.335 e. The fraction of sp³-hybridized carbons (Fsp3) is 0.263. The van der Waals surface area contributed by atoms with Gasteiger partial charge in [-0.1, -0.05) is 12.1 Å². The molecular weight excluding hydrogens is 354 g/mol. The van der Waals surface area contributed by atoms with Crippen LogP contribution in [0.3, 0.4) is 0 Å². The van der Waals surface area contributed by atoms with Crippen LogP contribution >= 0.6 is 11.8 Å². The fourth-order valence-corrected chi connectivity index (χ4v) is 3.10. The van der Waals surface area contributed by atoms with E-state index in [2.05, 4.69) is 5.32 Å². The molecule has 0 saturated heterocycles. The molecule has 0 atom stereocenters. The minimum Gasteiger partial charge on any atom is -0.493 e. The van der Waals surface area contributed by atoms with E-state index in [-0.39, 0.29) is 11.5 Å². The lowest BCUT2D eigenvalue weighted by molar-refractivity contribution is -0.120. The van der Waals surface area contributed by atoms with Crippen molar-refractivity contribution in [1.82, 2.24) is 5.32 Å². The highest BCUT2D eigenvalue weighted by Gasteiger charge is 2.07. The van der Waals surface area contributed by atoms with Crippen molar-refractivity contribution in [2.75, 3.05) is 20.0 Å². The van der Waals surface area contributed by atoms with Gasteiger partial charge in [0.15, 0.2) is 11.5 Å². The fourth-order valence-electron chi connectivity index (χ4n) is 2.22. The van der Waals surface area contributed by atoms with Crippen LogP contribution in [0.5, 0.6) is 11.5 Å². The number of carbonyl (C=O) groups excluding carboxylic acids is 1. The number of hydrogen-bond acceptors (Lipinski definition) is 5. The number of thioether (sulfide) groups is 1. The Labute approximate surface area is 156 Å². The van der Waals surface area contributed by atoms with Crippen molar-refractivity contribution in [3.63, 3.8) is 0 Å². The Morgan fingerprint density at radius 1 is 1.04 bits per heavy atom. The molecule has 26 heavy (non-hydrogen) atoms. The van der Waals surface area contributed by atoms with E-state index in [1.165, 1.54) is 12.1 Å². The molecule has 0 fully saturated rings. The van der Waals surface area contributed by atoms with E-state index in [0.717, 1.165) is 10.5 Å². The van der Waals surface area contributed by atoms with Crippen LogP contribution in [-0.2, 0) is 11.3 Å². The van der Waals surface area contributed by atoms with E-state index in [1.54, 1.807) is 38.1 Å². The number of nitrogens with one attached hydrogen (secondary N) is 1. The second-order valence-electron chi connectivity index (χ2n) is 5.39. The van der Waals surface area contributed by atoms with Crippen LogP contribution < -0.4 is 14.8 Å². The average Bonchev–Trinajstić information content (AvgIpc) is 2.66.